The van der Waals surface area contributed by atoms with Crippen LogP contribution in [-0.4, -0.2) is 16.2 Å². The summed E-state index contributed by atoms with van der Waals surface area (Å²) in [5.41, 5.74) is 0.360. The van der Waals surface area contributed by atoms with Crippen LogP contribution < -0.4 is 4.74 Å². The van der Waals surface area contributed by atoms with Crippen LogP contribution in [0.4, 0.5) is 0 Å². The second-order valence-corrected chi connectivity index (χ2v) is 4.63. The number of phenols is 2. The van der Waals surface area contributed by atoms with Crippen molar-refractivity contribution in [2.45, 2.75) is 0 Å². The van der Waals surface area contributed by atoms with Gasteiger partial charge in [0.25, 0.3) is 0 Å². The van der Waals surface area contributed by atoms with Crippen LogP contribution in [0, 0.1) is 0 Å². The summed E-state index contributed by atoms with van der Waals surface area (Å²) < 4.78 is 5.30. The minimum atomic E-state index is -0.492. The first-order chi connectivity index (χ1) is 10.1. The van der Waals surface area contributed by atoms with E-state index in [0.717, 1.165) is 10.8 Å². The highest BCUT2D eigenvalue weighted by Crippen LogP contribution is 2.25. The molecule has 0 heterocycles. The smallest absolute Gasteiger partial charge is 0.343 e. The van der Waals surface area contributed by atoms with Gasteiger partial charge in [0.1, 0.15) is 17.2 Å². The third-order valence-corrected chi connectivity index (χ3v) is 3.11. The van der Waals surface area contributed by atoms with Crippen LogP contribution in [0.15, 0.2) is 60.7 Å². The summed E-state index contributed by atoms with van der Waals surface area (Å²) in [6.07, 6.45) is 0. The number of aromatic hydroxyl groups is 2. The van der Waals surface area contributed by atoms with Crippen molar-refractivity contribution in [3.63, 3.8) is 0 Å². The second-order valence-electron chi connectivity index (χ2n) is 4.63. The first-order valence-electron chi connectivity index (χ1n) is 6.36. The Balaban J connectivity index is 1.85. The van der Waals surface area contributed by atoms with Crippen molar-refractivity contribution in [2.75, 3.05) is 0 Å². The molecule has 0 amide bonds. The molecule has 0 unspecified atom stereocenters. The second kappa shape index (κ2) is 5.17. The first-order valence-corrected chi connectivity index (χ1v) is 6.36. The number of hydrogen-bond acceptors (Lipinski definition) is 4. The summed E-state index contributed by atoms with van der Waals surface area (Å²) in [5.74, 6) is 0.216. The lowest BCUT2D eigenvalue weighted by Gasteiger charge is -2.06. The van der Waals surface area contributed by atoms with Crippen molar-refractivity contribution in [1.29, 1.82) is 0 Å². The van der Waals surface area contributed by atoms with E-state index in [-0.39, 0.29) is 11.5 Å². The molecule has 3 rings (SSSR count). The minimum Gasteiger partial charge on any atom is -0.508 e. The molecule has 0 atom stereocenters. The molecule has 0 aliphatic carbocycles. The van der Waals surface area contributed by atoms with Crippen molar-refractivity contribution in [3.8, 4) is 17.2 Å². The quantitative estimate of drug-likeness (QED) is 0.557. The molecule has 2 N–H and O–H groups in total. The van der Waals surface area contributed by atoms with E-state index in [0.29, 0.717) is 11.3 Å². The summed E-state index contributed by atoms with van der Waals surface area (Å²) in [4.78, 5) is 12.0. The predicted molar refractivity (Wildman–Crippen MR) is 78.7 cm³/mol. The number of fused-ring (bicyclic) bond motifs is 1. The molecule has 0 aliphatic rings. The van der Waals surface area contributed by atoms with Gasteiger partial charge in [0, 0.05) is 0 Å². The molecule has 3 aromatic carbocycles. The fourth-order valence-electron chi connectivity index (χ4n) is 2.04. The molecule has 4 heteroatoms. The van der Waals surface area contributed by atoms with E-state index >= 15 is 0 Å². The van der Waals surface area contributed by atoms with E-state index < -0.39 is 5.97 Å². The molecule has 0 aliphatic heterocycles. The van der Waals surface area contributed by atoms with Gasteiger partial charge in [0.15, 0.2) is 0 Å². The lowest BCUT2D eigenvalue weighted by Crippen LogP contribution is -2.07. The molecule has 4 nitrogen and oxygen atoms in total. The van der Waals surface area contributed by atoms with Crippen LogP contribution in [0.1, 0.15) is 10.4 Å². The largest absolute Gasteiger partial charge is 0.508 e. The van der Waals surface area contributed by atoms with Crippen molar-refractivity contribution < 1.29 is 19.7 Å². The maximum atomic E-state index is 12.0. The van der Waals surface area contributed by atoms with Gasteiger partial charge in [-0.3, -0.25) is 0 Å². The zero-order chi connectivity index (χ0) is 14.8. The molecule has 104 valence electrons. The molecule has 21 heavy (non-hydrogen) atoms. The highest BCUT2D eigenvalue weighted by molar-refractivity contribution is 5.92. The number of carbonyl (C=O) groups is 1. The van der Waals surface area contributed by atoms with Crippen LogP contribution in [-0.2, 0) is 0 Å². The molecule has 3 aromatic rings. The van der Waals surface area contributed by atoms with Crippen LogP contribution in [0.25, 0.3) is 10.8 Å². The molecule has 0 spiro atoms. The molecule has 0 radical (unpaired) electrons. The third-order valence-electron chi connectivity index (χ3n) is 3.11. The number of esters is 1. The molecule has 0 fully saturated rings. The SMILES string of the molecule is O=C(Oc1ccc2cc(O)ccc2c1)c1ccc(O)cc1. The Morgan fingerprint density at radius 1 is 0.762 bits per heavy atom. The van der Waals surface area contributed by atoms with Gasteiger partial charge in [0.05, 0.1) is 5.56 Å². The Hall–Kier alpha value is -3.01. The van der Waals surface area contributed by atoms with E-state index in [1.807, 2.05) is 0 Å². The van der Waals surface area contributed by atoms with E-state index in [2.05, 4.69) is 0 Å². The molecular weight excluding hydrogens is 268 g/mol. The fraction of sp³-hybridized carbons (Fsp3) is 0. The van der Waals surface area contributed by atoms with Crippen LogP contribution in [0.5, 0.6) is 17.2 Å². The highest BCUT2D eigenvalue weighted by atomic mass is 16.5. The average molecular weight is 280 g/mol. The van der Waals surface area contributed by atoms with Gasteiger partial charge < -0.3 is 14.9 Å². The van der Waals surface area contributed by atoms with Crippen LogP contribution in [0.3, 0.4) is 0 Å². The maximum absolute atomic E-state index is 12.0. The van der Waals surface area contributed by atoms with Gasteiger partial charge >= 0.3 is 5.97 Å². The van der Waals surface area contributed by atoms with E-state index in [9.17, 15) is 15.0 Å². The Labute approximate surface area is 120 Å². The Morgan fingerprint density at radius 2 is 1.38 bits per heavy atom. The van der Waals surface area contributed by atoms with Gasteiger partial charge in [-0.2, -0.15) is 0 Å². The monoisotopic (exact) mass is 280 g/mol. The van der Waals surface area contributed by atoms with Crippen LogP contribution >= 0.6 is 0 Å². The Morgan fingerprint density at radius 3 is 2.14 bits per heavy atom. The van der Waals surface area contributed by atoms with Crippen LogP contribution in [0.2, 0.25) is 0 Å². The standard InChI is InChI=1S/C17H12O4/c18-14-5-1-11(2-6-14)17(20)21-16-8-4-12-9-15(19)7-3-13(12)10-16/h1-10,18-19H. The normalized spacial score (nSPS) is 10.5. The molecule has 0 saturated heterocycles. The maximum Gasteiger partial charge on any atom is 0.343 e. The summed E-state index contributed by atoms with van der Waals surface area (Å²) >= 11 is 0. The number of benzene rings is 3. The van der Waals surface area contributed by atoms with Crippen molar-refractivity contribution in [1.82, 2.24) is 0 Å². The number of ether oxygens (including phenoxy) is 1. The van der Waals surface area contributed by atoms with E-state index in [1.165, 1.54) is 24.3 Å². The number of rotatable bonds is 2. The average Bonchev–Trinajstić information content (AvgIpc) is 2.48. The predicted octanol–water partition coefficient (Wildman–Crippen LogP) is 3.47. The topological polar surface area (TPSA) is 66.8 Å². The third kappa shape index (κ3) is 2.79. The molecule has 0 saturated carbocycles. The zero-order valence-electron chi connectivity index (χ0n) is 11.0. The lowest BCUT2D eigenvalue weighted by atomic mass is 10.1. The molecule has 0 bridgehead atoms. The minimum absolute atomic E-state index is 0.0945. The molecular formula is C17H12O4. The highest BCUT2D eigenvalue weighted by Gasteiger charge is 2.09. The van der Waals surface area contributed by atoms with E-state index in [1.54, 1.807) is 36.4 Å². The van der Waals surface area contributed by atoms with Gasteiger partial charge in [-0.25, -0.2) is 4.79 Å². The van der Waals surface area contributed by atoms with Gasteiger partial charge in [-0.05, 0) is 59.3 Å². The van der Waals surface area contributed by atoms with Gasteiger partial charge in [0.2, 0.25) is 0 Å². The van der Waals surface area contributed by atoms with Crippen molar-refractivity contribution >= 4 is 16.7 Å². The fourth-order valence-corrected chi connectivity index (χ4v) is 2.04. The summed E-state index contributed by atoms with van der Waals surface area (Å²) in [6, 6.07) is 16.0. The summed E-state index contributed by atoms with van der Waals surface area (Å²) in [5, 5.41) is 20.3. The lowest BCUT2D eigenvalue weighted by molar-refractivity contribution is 0.0735. The number of phenolic OH excluding ortho intramolecular Hbond substituents is 2. The summed E-state index contributed by atoms with van der Waals surface area (Å²) in [6.45, 7) is 0. The van der Waals surface area contributed by atoms with Crippen molar-refractivity contribution in [2.24, 2.45) is 0 Å². The Bertz CT molecular complexity index is 807. The first kappa shape index (κ1) is 13.0. The van der Waals surface area contributed by atoms with Gasteiger partial charge in [-0.1, -0.05) is 12.1 Å². The summed E-state index contributed by atoms with van der Waals surface area (Å²) in [7, 11) is 0. The zero-order valence-corrected chi connectivity index (χ0v) is 11.0. The van der Waals surface area contributed by atoms with Gasteiger partial charge in [-0.15, -0.1) is 0 Å². The number of carbonyl (C=O) groups excluding carboxylic acids is 1. The Kier molecular flexibility index (Phi) is 3.20. The number of hydrogen-bond donors (Lipinski definition) is 2. The molecule has 0 aromatic heterocycles. The van der Waals surface area contributed by atoms with E-state index in [4.69, 9.17) is 4.74 Å². The van der Waals surface area contributed by atoms with Crippen molar-refractivity contribution in [3.05, 3.63) is 66.2 Å².